The molecule has 3 heterocycles. The second-order valence-corrected chi connectivity index (χ2v) is 6.74. The van der Waals surface area contributed by atoms with Crippen LogP contribution < -0.4 is 16.6 Å². The lowest BCUT2D eigenvalue weighted by Crippen LogP contribution is -2.45. The molecular formula is C15H19F3N6O5. The fourth-order valence-electron chi connectivity index (χ4n) is 2.86. The van der Waals surface area contributed by atoms with E-state index in [0.717, 1.165) is 10.9 Å². The average molecular weight is 420 g/mol. The van der Waals surface area contributed by atoms with Crippen molar-refractivity contribution in [2.45, 2.75) is 44.7 Å². The maximum Gasteiger partial charge on any atom is 0.522 e. The molecule has 1 aliphatic rings. The van der Waals surface area contributed by atoms with Gasteiger partial charge in [-0.1, -0.05) is 13.8 Å². The van der Waals surface area contributed by atoms with Crippen LogP contribution in [-0.4, -0.2) is 61.8 Å². The largest absolute Gasteiger partial charge is 0.522 e. The Morgan fingerprint density at radius 3 is 2.79 bits per heavy atom. The lowest BCUT2D eigenvalue weighted by molar-refractivity contribution is -0.350. The number of aromatic amines is 1. The van der Waals surface area contributed by atoms with E-state index in [1.165, 1.54) is 0 Å². The molecule has 160 valence electrons. The van der Waals surface area contributed by atoms with Crippen LogP contribution in [0.3, 0.4) is 0 Å². The van der Waals surface area contributed by atoms with Gasteiger partial charge in [0, 0.05) is 5.92 Å². The summed E-state index contributed by atoms with van der Waals surface area (Å²) in [5, 5.41) is 11.7. The number of imidazole rings is 1. The van der Waals surface area contributed by atoms with Crippen molar-refractivity contribution in [3.63, 3.8) is 0 Å². The van der Waals surface area contributed by atoms with E-state index < -0.39 is 54.8 Å². The van der Waals surface area contributed by atoms with Gasteiger partial charge in [-0.3, -0.25) is 29.2 Å². The van der Waals surface area contributed by atoms with Crippen molar-refractivity contribution in [3.8, 4) is 0 Å². The summed E-state index contributed by atoms with van der Waals surface area (Å²) in [5.74, 6) is -1.06. The van der Waals surface area contributed by atoms with E-state index in [1.807, 2.05) is 0 Å². The van der Waals surface area contributed by atoms with Gasteiger partial charge >= 0.3 is 6.36 Å². The van der Waals surface area contributed by atoms with E-state index in [-0.39, 0.29) is 17.1 Å². The Morgan fingerprint density at radius 2 is 2.21 bits per heavy atom. The molecule has 1 amide bonds. The SMILES string of the molecule is CC(C)C(=O)Nc1nc2c(ncn2[C@@H]2O[C@H](CO)[C@@H](N)[C@H]2OC(F)(F)F)c(=O)[nH]1. The summed E-state index contributed by atoms with van der Waals surface area (Å²) in [6, 6.07) is -1.31. The maximum absolute atomic E-state index is 12.8. The normalized spacial score (nSPS) is 25.1. The van der Waals surface area contributed by atoms with Crippen molar-refractivity contribution >= 4 is 23.0 Å². The Kier molecular flexibility index (Phi) is 5.62. The van der Waals surface area contributed by atoms with Crippen molar-refractivity contribution in [2.24, 2.45) is 11.7 Å². The molecule has 0 aromatic carbocycles. The summed E-state index contributed by atoms with van der Waals surface area (Å²) in [6.45, 7) is 2.60. The van der Waals surface area contributed by atoms with Gasteiger partial charge in [0.15, 0.2) is 17.4 Å². The number of aromatic nitrogens is 4. The number of carbonyl (C=O) groups is 1. The number of halogens is 3. The molecule has 1 aliphatic heterocycles. The van der Waals surface area contributed by atoms with E-state index >= 15 is 0 Å². The van der Waals surface area contributed by atoms with Crippen LogP contribution in [0.2, 0.25) is 0 Å². The van der Waals surface area contributed by atoms with Gasteiger partial charge in [0.25, 0.3) is 5.56 Å². The third kappa shape index (κ3) is 4.24. The van der Waals surface area contributed by atoms with Crippen molar-refractivity contribution < 1.29 is 32.5 Å². The highest BCUT2D eigenvalue weighted by Crippen LogP contribution is 2.35. The van der Waals surface area contributed by atoms with Crippen LogP contribution in [0.25, 0.3) is 11.2 Å². The second kappa shape index (κ2) is 7.70. The Balaban J connectivity index is 2.04. The predicted molar refractivity (Wildman–Crippen MR) is 91.5 cm³/mol. The number of aliphatic hydroxyl groups excluding tert-OH is 1. The van der Waals surface area contributed by atoms with Crippen LogP contribution in [0.15, 0.2) is 11.1 Å². The third-order valence-electron chi connectivity index (χ3n) is 4.33. The summed E-state index contributed by atoms with van der Waals surface area (Å²) in [5.41, 5.74) is 4.69. The number of H-pyrrole nitrogens is 1. The first-order valence-corrected chi connectivity index (χ1v) is 8.56. The molecule has 4 atom stereocenters. The topological polar surface area (TPSA) is 157 Å². The van der Waals surface area contributed by atoms with Gasteiger partial charge in [-0.05, 0) is 0 Å². The lowest BCUT2D eigenvalue weighted by atomic mass is 10.1. The number of nitrogens with two attached hydrogens (primary N) is 1. The highest BCUT2D eigenvalue weighted by molar-refractivity contribution is 5.91. The molecule has 0 unspecified atom stereocenters. The van der Waals surface area contributed by atoms with Gasteiger partial charge in [-0.25, -0.2) is 4.98 Å². The van der Waals surface area contributed by atoms with Crippen LogP contribution >= 0.6 is 0 Å². The van der Waals surface area contributed by atoms with Crippen molar-refractivity contribution in [3.05, 3.63) is 16.7 Å². The molecule has 0 radical (unpaired) electrons. The predicted octanol–water partition coefficient (Wildman–Crippen LogP) is -0.164. The smallest absolute Gasteiger partial charge is 0.394 e. The fourth-order valence-corrected chi connectivity index (χ4v) is 2.86. The monoisotopic (exact) mass is 420 g/mol. The molecule has 14 heteroatoms. The van der Waals surface area contributed by atoms with E-state index in [9.17, 15) is 27.9 Å². The molecular weight excluding hydrogens is 401 g/mol. The molecule has 3 rings (SSSR count). The second-order valence-electron chi connectivity index (χ2n) is 6.74. The zero-order valence-electron chi connectivity index (χ0n) is 15.3. The number of fused-ring (bicyclic) bond motifs is 1. The van der Waals surface area contributed by atoms with Crippen molar-refractivity contribution in [2.75, 3.05) is 11.9 Å². The number of carbonyl (C=O) groups excluding carboxylic acids is 1. The minimum Gasteiger partial charge on any atom is -0.394 e. The molecule has 2 aromatic heterocycles. The quantitative estimate of drug-likeness (QED) is 0.519. The number of ether oxygens (including phenoxy) is 2. The van der Waals surface area contributed by atoms with Crippen LogP contribution in [0, 0.1) is 5.92 Å². The van der Waals surface area contributed by atoms with Crippen molar-refractivity contribution in [1.82, 2.24) is 19.5 Å². The molecule has 29 heavy (non-hydrogen) atoms. The summed E-state index contributed by atoms with van der Waals surface area (Å²) in [7, 11) is 0. The van der Waals surface area contributed by atoms with Gasteiger partial charge in [0.05, 0.1) is 19.0 Å². The minimum atomic E-state index is -5.02. The number of rotatable bonds is 5. The summed E-state index contributed by atoms with van der Waals surface area (Å²) in [6.07, 6.45) is -8.33. The summed E-state index contributed by atoms with van der Waals surface area (Å²) < 4.78 is 49.1. The average Bonchev–Trinajstić information content (AvgIpc) is 3.16. The van der Waals surface area contributed by atoms with E-state index in [2.05, 4.69) is 25.0 Å². The molecule has 11 nitrogen and oxygen atoms in total. The standard InChI is InChI=1S/C15H19F3N6O5/c1-5(2)11(26)22-14-21-10-8(12(27)23-14)20-4-24(10)13-9(29-15(16,17)18)7(19)6(3-25)28-13/h4-7,9,13,25H,3,19H2,1-2H3,(H2,21,22,23,26,27)/t6-,7-,9-,13-/m1/s1. The third-order valence-corrected chi connectivity index (χ3v) is 4.33. The van der Waals surface area contributed by atoms with E-state index in [0.29, 0.717) is 0 Å². The zero-order chi connectivity index (χ0) is 21.5. The first kappa shape index (κ1) is 21.2. The molecule has 2 aromatic rings. The molecule has 0 bridgehead atoms. The Bertz CT molecular complexity index is 958. The summed E-state index contributed by atoms with van der Waals surface area (Å²) in [4.78, 5) is 34.3. The molecule has 1 fully saturated rings. The van der Waals surface area contributed by atoms with Crippen LogP contribution in [0.1, 0.15) is 20.1 Å². The number of amides is 1. The molecule has 5 N–H and O–H groups in total. The van der Waals surface area contributed by atoms with Crippen LogP contribution in [-0.2, 0) is 14.3 Å². The number of alkyl halides is 3. The molecule has 0 saturated carbocycles. The first-order chi connectivity index (χ1) is 13.5. The number of hydrogen-bond donors (Lipinski definition) is 4. The van der Waals surface area contributed by atoms with Gasteiger partial charge in [-0.15, -0.1) is 13.2 Å². The molecule has 0 spiro atoms. The van der Waals surface area contributed by atoms with Gasteiger partial charge in [0.1, 0.15) is 12.2 Å². The first-order valence-electron chi connectivity index (χ1n) is 8.56. The van der Waals surface area contributed by atoms with Gasteiger partial charge in [-0.2, -0.15) is 4.98 Å². The summed E-state index contributed by atoms with van der Waals surface area (Å²) >= 11 is 0. The highest BCUT2D eigenvalue weighted by Gasteiger charge is 2.50. The van der Waals surface area contributed by atoms with Gasteiger partial charge in [0.2, 0.25) is 11.9 Å². The van der Waals surface area contributed by atoms with E-state index in [1.54, 1.807) is 13.8 Å². The fraction of sp³-hybridized carbons (Fsp3) is 0.600. The maximum atomic E-state index is 12.8. The Morgan fingerprint density at radius 1 is 1.52 bits per heavy atom. The number of nitrogens with zero attached hydrogens (tertiary/aromatic N) is 3. The van der Waals surface area contributed by atoms with Crippen LogP contribution in [0.4, 0.5) is 19.1 Å². The number of anilines is 1. The lowest BCUT2D eigenvalue weighted by Gasteiger charge is -2.23. The molecule has 0 aliphatic carbocycles. The number of aliphatic hydroxyl groups is 1. The molecule has 1 saturated heterocycles. The zero-order valence-corrected chi connectivity index (χ0v) is 15.3. The Labute approximate surface area is 161 Å². The minimum absolute atomic E-state index is 0.153. The van der Waals surface area contributed by atoms with Crippen molar-refractivity contribution in [1.29, 1.82) is 0 Å². The number of hydrogen-bond acceptors (Lipinski definition) is 8. The van der Waals surface area contributed by atoms with Gasteiger partial charge < -0.3 is 15.6 Å². The number of nitrogens with one attached hydrogen (secondary N) is 2. The Hall–Kier alpha value is -2.55. The van der Waals surface area contributed by atoms with Crippen LogP contribution in [0.5, 0.6) is 0 Å². The van der Waals surface area contributed by atoms with E-state index in [4.69, 9.17) is 10.5 Å². The highest BCUT2D eigenvalue weighted by atomic mass is 19.4.